The summed E-state index contributed by atoms with van der Waals surface area (Å²) in [6, 6.07) is 6.45. The van der Waals surface area contributed by atoms with Crippen LogP contribution in [0.2, 0.25) is 0 Å². The van der Waals surface area contributed by atoms with Crippen molar-refractivity contribution in [2.45, 2.75) is 26.8 Å². The van der Waals surface area contributed by atoms with E-state index < -0.39 is 0 Å². The summed E-state index contributed by atoms with van der Waals surface area (Å²) >= 11 is 4.82. The zero-order valence-corrected chi connectivity index (χ0v) is 12.0. The second-order valence-corrected chi connectivity index (χ2v) is 5.25. The molecule has 0 saturated carbocycles. The normalized spacial score (nSPS) is 10.5. The zero-order chi connectivity index (χ0) is 14.4. The van der Waals surface area contributed by atoms with Gasteiger partial charge in [-0.2, -0.15) is 0 Å². The summed E-state index contributed by atoms with van der Waals surface area (Å²) in [7, 11) is 0. The number of halogens is 1. The van der Waals surface area contributed by atoms with Crippen molar-refractivity contribution in [3.05, 3.63) is 35.6 Å². The molecule has 0 unspecified atom stereocenters. The number of benzene rings is 1. The highest BCUT2D eigenvalue weighted by Crippen LogP contribution is 2.12. The molecule has 1 amide bonds. The van der Waals surface area contributed by atoms with E-state index in [9.17, 15) is 9.18 Å². The van der Waals surface area contributed by atoms with Crippen molar-refractivity contribution in [2.75, 3.05) is 6.54 Å². The highest BCUT2D eigenvalue weighted by Gasteiger charge is 2.18. The van der Waals surface area contributed by atoms with Gasteiger partial charge in [0, 0.05) is 31.0 Å². The lowest BCUT2D eigenvalue weighted by Crippen LogP contribution is -2.36. The van der Waals surface area contributed by atoms with Gasteiger partial charge in [0.1, 0.15) is 5.82 Å². The molecular formula is C14H19FN2OS. The van der Waals surface area contributed by atoms with Gasteiger partial charge in [-0.1, -0.05) is 44.3 Å². The highest BCUT2D eigenvalue weighted by molar-refractivity contribution is 7.80. The van der Waals surface area contributed by atoms with Gasteiger partial charge >= 0.3 is 0 Å². The van der Waals surface area contributed by atoms with Crippen LogP contribution >= 0.6 is 12.2 Å². The topological polar surface area (TPSA) is 46.3 Å². The van der Waals surface area contributed by atoms with Gasteiger partial charge in [-0.25, -0.2) is 4.39 Å². The Labute approximate surface area is 118 Å². The summed E-state index contributed by atoms with van der Waals surface area (Å²) in [5.41, 5.74) is 5.96. The molecule has 1 rings (SSSR count). The first kappa shape index (κ1) is 15.6. The first-order chi connectivity index (χ1) is 8.91. The Morgan fingerprint density at radius 2 is 2.05 bits per heavy atom. The van der Waals surface area contributed by atoms with Crippen LogP contribution in [0.15, 0.2) is 24.3 Å². The lowest BCUT2D eigenvalue weighted by Gasteiger charge is -2.24. The van der Waals surface area contributed by atoms with Gasteiger partial charge in [-0.3, -0.25) is 4.79 Å². The fourth-order valence-electron chi connectivity index (χ4n) is 1.71. The Balaban J connectivity index is 2.82. The van der Waals surface area contributed by atoms with Gasteiger partial charge in [0.15, 0.2) is 0 Å². The summed E-state index contributed by atoms with van der Waals surface area (Å²) in [5.74, 6) is -0.475. The van der Waals surface area contributed by atoms with Crippen molar-refractivity contribution in [3.8, 4) is 0 Å². The lowest BCUT2D eigenvalue weighted by molar-refractivity contribution is -0.135. The number of thiocarbonyl (C=S) groups is 1. The van der Waals surface area contributed by atoms with E-state index in [0.717, 1.165) is 0 Å². The average Bonchev–Trinajstić information content (AvgIpc) is 2.35. The molecule has 0 radical (unpaired) electrons. The van der Waals surface area contributed by atoms with E-state index in [-0.39, 0.29) is 24.2 Å². The van der Waals surface area contributed by atoms with Crippen molar-refractivity contribution >= 4 is 23.1 Å². The van der Waals surface area contributed by atoms with Crippen LogP contribution < -0.4 is 5.73 Å². The van der Waals surface area contributed by atoms with Gasteiger partial charge in [-0.05, 0) is 6.07 Å². The van der Waals surface area contributed by atoms with Gasteiger partial charge < -0.3 is 10.6 Å². The molecule has 0 heterocycles. The highest BCUT2D eigenvalue weighted by atomic mass is 32.1. The summed E-state index contributed by atoms with van der Waals surface area (Å²) < 4.78 is 13.6. The van der Waals surface area contributed by atoms with Crippen LogP contribution in [0.3, 0.4) is 0 Å². The number of nitrogens with two attached hydrogens (primary N) is 1. The minimum atomic E-state index is -0.306. The first-order valence-corrected chi connectivity index (χ1v) is 6.63. The van der Waals surface area contributed by atoms with Gasteiger partial charge in [0.25, 0.3) is 0 Å². The minimum absolute atomic E-state index is 0.0282. The smallest absolute Gasteiger partial charge is 0.225 e. The summed E-state index contributed by atoms with van der Waals surface area (Å²) in [6.07, 6.45) is 0.447. The van der Waals surface area contributed by atoms with E-state index in [4.69, 9.17) is 18.0 Å². The lowest BCUT2D eigenvalue weighted by atomic mass is 10.1. The van der Waals surface area contributed by atoms with Crippen LogP contribution in [0.5, 0.6) is 0 Å². The standard InChI is InChI=1S/C14H19FN2OS/c1-10(2)14(18)17(8-7-13(16)19)9-11-5-3-4-6-12(11)15/h3-6,10H,7-9H2,1-2H3,(H2,16,19). The average molecular weight is 282 g/mol. The van der Waals surface area contributed by atoms with E-state index in [1.807, 2.05) is 13.8 Å². The molecule has 3 nitrogen and oxygen atoms in total. The Hall–Kier alpha value is -1.49. The van der Waals surface area contributed by atoms with E-state index in [2.05, 4.69) is 0 Å². The molecule has 19 heavy (non-hydrogen) atoms. The summed E-state index contributed by atoms with van der Waals surface area (Å²) in [4.78, 5) is 14.0. The molecule has 0 fully saturated rings. The van der Waals surface area contributed by atoms with E-state index >= 15 is 0 Å². The van der Waals surface area contributed by atoms with Crippen LogP contribution in [-0.4, -0.2) is 22.3 Å². The fraction of sp³-hybridized carbons (Fsp3) is 0.429. The molecule has 0 bridgehead atoms. The third kappa shape index (κ3) is 4.95. The molecule has 0 atom stereocenters. The molecule has 0 aliphatic rings. The molecule has 104 valence electrons. The number of carbonyl (C=O) groups excluding carboxylic acids is 1. The second-order valence-electron chi connectivity index (χ2n) is 4.72. The second kappa shape index (κ2) is 7.19. The predicted molar refractivity (Wildman–Crippen MR) is 78.1 cm³/mol. The van der Waals surface area contributed by atoms with Crippen LogP contribution in [0.1, 0.15) is 25.8 Å². The predicted octanol–water partition coefficient (Wildman–Crippen LogP) is 2.49. The molecule has 5 heteroatoms. The Morgan fingerprint density at radius 1 is 1.42 bits per heavy atom. The van der Waals surface area contributed by atoms with Crippen molar-refractivity contribution < 1.29 is 9.18 Å². The quantitative estimate of drug-likeness (QED) is 0.815. The van der Waals surface area contributed by atoms with E-state index in [1.165, 1.54) is 6.07 Å². The van der Waals surface area contributed by atoms with Gasteiger partial charge in [0.05, 0.1) is 4.99 Å². The number of amides is 1. The maximum absolute atomic E-state index is 13.6. The third-order valence-electron chi connectivity index (χ3n) is 2.75. The molecule has 0 saturated heterocycles. The molecule has 2 N–H and O–H groups in total. The fourth-order valence-corrected chi connectivity index (χ4v) is 1.80. The largest absolute Gasteiger partial charge is 0.393 e. The molecule has 1 aromatic carbocycles. The van der Waals surface area contributed by atoms with Crippen LogP contribution in [0.25, 0.3) is 0 Å². The number of hydrogen-bond donors (Lipinski definition) is 1. The molecular weight excluding hydrogens is 263 g/mol. The van der Waals surface area contributed by atoms with Crippen LogP contribution in [0, 0.1) is 11.7 Å². The number of carbonyl (C=O) groups is 1. The molecule has 0 aromatic heterocycles. The van der Waals surface area contributed by atoms with E-state index in [0.29, 0.717) is 23.5 Å². The maximum Gasteiger partial charge on any atom is 0.225 e. The van der Waals surface area contributed by atoms with Crippen molar-refractivity contribution in [3.63, 3.8) is 0 Å². The Morgan fingerprint density at radius 3 is 2.58 bits per heavy atom. The summed E-state index contributed by atoms with van der Waals surface area (Å²) in [6.45, 7) is 4.29. The van der Waals surface area contributed by atoms with E-state index in [1.54, 1.807) is 23.1 Å². The minimum Gasteiger partial charge on any atom is -0.393 e. The first-order valence-electron chi connectivity index (χ1n) is 6.22. The summed E-state index contributed by atoms with van der Waals surface area (Å²) in [5, 5.41) is 0. The maximum atomic E-state index is 13.6. The molecule has 0 spiro atoms. The monoisotopic (exact) mass is 282 g/mol. The van der Waals surface area contributed by atoms with Crippen molar-refractivity contribution in [1.82, 2.24) is 4.90 Å². The van der Waals surface area contributed by atoms with Crippen molar-refractivity contribution in [1.29, 1.82) is 0 Å². The molecule has 0 aliphatic carbocycles. The Bertz CT molecular complexity index is 463. The van der Waals surface area contributed by atoms with Crippen LogP contribution in [-0.2, 0) is 11.3 Å². The third-order valence-corrected chi connectivity index (χ3v) is 2.96. The number of nitrogens with zero attached hydrogens (tertiary/aromatic N) is 1. The molecule has 1 aromatic rings. The number of rotatable bonds is 6. The zero-order valence-electron chi connectivity index (χ0n) is 11.2. The SMILES string of the molecule is CC(C)C(=O)N(CCC(N)=S)Cc1ccccc1F. The van der Waals surface area contributed by atoms with Gasteiger partial charge in [-0.15, -0.1) is 0 Å². The van der Waals surface area contributed by atoms with Crippen molar-refractivity contribution in [2.24, 2.45) is 11.7 Å². The molecule has 0 aliphatic heterocycles. The van der Waals surface area contributed by atoms with Gasteiger partial charge in [0.2, 0.25) is 5.91 Å². The Kier molecular flexibility index (Phi) is 5.89. The number of hydrogen-bond acceptors (Lipinski definition) is 2. The van der Waals surface area contributed by atoms with Crippen LogP contribution in [0.4, 0.5) is 4.39 Å².